The third-order valence-corrected chi connectivity index (χ3v) is 4.12. The Morgan fingerprint density at radius 2 is 1.82 bits per heavy atom. The molecule has 0 bridgehead atoms. The standard InChI is InChI=1S/C14H16N4O3S/c19-14(13-4-2-6-16-11-13)17-7-8-22(20,21)18-10-12-3-1-5-15-9-12/h1-6,9,11,18H,7-8,10H2,(H,17,19). The van der Waals surface area contributed by atoms with E-state index in [1.165, 1.54) is 6.20 Å². The molecule has 0 atom stereocenters. The van der Waals surface area contributed by atoms with E-state index in [0.29, 0.717) is 5.56 Å². The molecular formula is C14H16N4O3S. The smallest absolute Gasteiger partial charge is 0.252 e. The lowest BCUT2D eigenvalue weighted by atomic mass is 10.3. The van der Waals surface area contributed by atoms with E-state index in [2.05, 4.69) is 20.0 Å². The number of carbonyl (C=O) groups excluding carboxylic acids is 1. The van der Waals surface area contributed by atoms with Crippen LogP contribution in [0.3, 0.4) is 0 Å². The Morgan fingerprint density at radius 1 is 1.09 bits per heavy atom. The topological polar surface area (TPSA) is 101 Å². The molecule has 0 aliphatic carbocycles. The van der Waals surface area contributed by atoms with Crippen molar-refractivity contribution in [2.75, 3.05) is 12.3 Å². The van der Waals surface area contributed by atoms with Gasteiger partial charge in [-0.3, -0.25) is 14.8 Å². The van der Waals surface area contributed by atoms with Gasteiger partial charge in [-0.1, -0.05) is 6.07 Å². The van der Waals surface area contributed by atoms with Crippen LogP contribution in [0.25, 0.3) is 0 Å². The third kappa shape index (κ3) is 5.23. The molecule has 0 aliphatic heterocycles. The van der Waals surface area contributed by atoms with Gasteiger partial charge in [0.05, 0.1) is 11.3 Å². The molecule has 2 aromatic heterocycles. The maximum atomic E-state index is 11.8. The van der Waals surface area contributed by atoms with Crippen LogP contribution in [0.15, 0.2) is 49.1 Å². The van der Waals surface area contributed by atoms with Crippen molar-refractivity contribution in [2.24, 2.45) is 0 Å². The highest BCUT2D eigenvalue weighted by Crippen LogP contribution is 1.97. The van der Waals surface area contributed by atoms with E-state index in [0.717, 1.165) is 5.56 Å². The summed E-state index contributed by atoms with van der Waals surface area (Å²) < 4.78 is 26.1. The third-order valence-electron chi connectivity index (χ3n) is 2.80. The number of amides is 1. The Labute approximate surface area is 128 Å². The highest BCUT2D eigenvalue weighted by atomic mass is 32.2. The van der Waals surface area contributed by atoms with Gasteiger partial charge in [-0.2, -0.15) is 0 Å². The van der Waals surface area contributed by atoms with Crippen molar-refractivity contribution in [3.8, 4) is 0 Å². The summed E-state index contributed by atoms with van der Waals surface area (Å²) in [5.74, 6) is -0.547. The summed E-state index contributed by atoms with van der Waals surface area (Å²) in [5.41, 5.74) is 1.16. The number of hydrogen-bond donors (Lipinski definition) is 2. The van der Waals surface area contributed by atoms with Gasteiger partial charge in [0.2, 0.25) is 10.0 Å². The normalized spacial score (nSPS) is 11.1. The van der Waals surface area contributed by atoms with Crippen LogP contribution >= 0.6 is 0 Å². The van der Waals surface area contributed by atoms with E-state index in [4.69, 9.17) is 0 Å². The number of nitrogens with zero attached hydrogens (tertiary/aromatic N) is 2. The lowest BCUT2D eigenvalue weighted by Gasteiger charge is -2.08. The van der Waals surface area contributed by atoms with Gasteiger partial charge in [-0.05, 0) is 23.8 Å². The van der Waals surface area contributed by atoms with Gasteiger partial charge in [0.15, 0.2) is 0 Å². The first-order valence-electron chi connectivity index (χ1n) is 6.61. The number of rotatable bonds is 7. The zero-order chi connectivity index (χ0) is 15.8. The molecule has 22 heavy (non-hydrogen) atoms. The fourth-order valence-electron chi connectivity index (χ4n) is 1.67. The summed E-state index contributed by atoms with van der Waals surface area (Å²) in [7, 11) is -3.47. The Bertz CT molecular complexity index is 705. The summed E-state index contributed by atoms with van der Waals surface area (Å²) in [6, 6.07) is 6.76. The number of sulfonamides is 1. The summed E-state index contributed by atoms with van der Waals surface area (Å²) in [6.07, 6.45) is 6.19. The fraction of sp³-hybridized carbons (Fsp3) is 0.214. The van der Waals surface area contributed by atoms with Crippen molar-refractivity contribution in [3.05, 3.63) is 60.2 Å². The quantitative estimate of drug-likeness (QED) is 0.765. The lowest BCUT2D eigenvalue weighted by molar-refractivity contribution is 0.0955. The van der Waals surface area contributed by atoms with Crippen LogP contribution in [0.5, 0.6) is 0 Å². The maximum absolute atomic E-state index is 11.8. The second kappa shape index (κ2) is 7.62. The van der Waals surface area contributed by atoms with Crippen molar-refractivity contribution in [3.63, 3.8) is 0 Å². The van der Waals surface area contributed by atoms with E-state index in [1.807, 2.05) is 0 Å². The molecule has 0 fully saturated rings. The Kier molecular flexibility index (Phi) is 5.56. The van der Waals surface area contributed by atoms with Gasteiger partial charge in [0.25, 0.3) is 5.91 Å². The van der Waals surface area contributed by atoms with Crippen molar-refractivity contribution >= 4 is 15.9 Å². The molecule has 0 aliphatic rings. The SMILES string of the molecule is O=C(NCCS(=O)(=O)NCc1cccnc1)c1cccnc1. The van der Waals surface area contributed by atoms with Crippen LogP contribution in [-0.4, -0.2) is 36.6 Å². The minimum absolute atomic E-state index is 0.0239. The molecule has 2 heterocycles. The van der Waals surface area contributed by atoms with Gasteiger partial charge >= 0.3 is 0 Å². The highest BCUT2D eigenvalue weighted by molar-refractivity contribution is 7.89. The molecule has 0 spiro atoms. The second-order valence-corrected chi connectivity index (χ2v) is 6.43. The second-order valence-electron chi connectivity index (χ2n) is 4.50. The monoisotopic (exact) mass is 320 g/mol. The Morgan fingerprint density at radius 3 is 2.45 bits per heavy atom. The Hall–Kier alpha value is -2.32. The molecule has 8 heteroatoms. The van der Waals surface area contributed by atoms with E-state index in [1.54, 1.807) is 42.9 Å². The summed E-state index contributed by atoms with van der Waals surface area (Å²) in [5, 5.41) is 2.54. The number of aromatic nitrogens is 2. The van der Waals surface area contributed by atoms with Gasteiger partial charge in [-0.15, -0.1) is 0 Å². The van der Waals surface area contributed by atoms with E-state index in [9.17, 15) is 13.2 Å². The molecule has 116 valence electrons. The molecule has 2 rings (SSSR count). The molecule has 1 amide bonds. The van der Waals surface area contributed by atoms with Gasteiger partial charge < -0.3 is 5.32 Å². The van der Waals surface area contributed by atoms with Gasteiger partial charge in [0.1, 0.15) is 0 Å². The van der Waals surface area contributed by atoms with E-state index in [-0.39, 0.29) is 24.7 Å². The lowest BCUT2D eigenvalue weighted by Crippen LogP contribution is -2.34. The van der Waals surface area contributed by atoms with Gasteiger partial charge in [-0.25, -0.2) is 13.1 Å². The minimum atomic E-state index is -3.47. The highest BCUT2D eigenvalue weighted by Gasteiger charge is 2.11. The first kappa shape index (κ1) is 16.1. The van der Waals surface area contributed by atoms with Crippen molar-refractivity contribution < 1.29 is 13.2 Å². The number of hydrogen-bond acceptors (Lipinski definition) is 5. The Balaban J connectivity index is 1.77. The molecule has 7 nitrogen and oxygen atoms in total. The maximum Gasteiger partial charge on any atom is 0.252 e. The van der Waals surface area contributed by atoms with Gasteiger partial charge in [0, 0.05) is 37.9 Å². The van der Waals surface area contributed by atoms with E-state index >= 15 is 0 Å². The first-order chi connectivity index (χ1) is 10.6. The van der Waals surface area contributed by atoms with Crippen LogP contribution in [-0.2, 0) is 16.6 Å². The molecule has 2 N–H and O–H groups in total. The molecule has 2 aromatic rings. The zero-order valence-corrected chi connectivity index (χ0v) is 12.6. The largest absolute Gasteiger partial charge is 0.351 e. The molecule has 0 radical (unpaired) electrons. The van der Waals surface area contributed by atoms with Crippen LogP contribution in [0.2, 0.25) is 0 Å². The fourth-order valence-corrected chi connectivity index (χ4v) is 2.57. The molecule has 0 unspecified atom stereocenters. The average molecular weight is 320 g/mol. The van der Waals surface area contributed by atoms with Crippen LogP contribution in [0, 0.1) is 0 Å². The summed E-state index contributed by atoms with van der Waals surface area (Å²) in [4.78, 5) is 19.5. The van der Waals surface area contributed by atoms with Crippen molar-refractivity contribution in [2.45, 2.75) is 6.54 Å². The van der Waals surface area contributed by atoms with Crippen LogP contribution in [0.1, 0.15) is 15.9 Å². The van der Waals surface area contributed by atoms with Crippen LogP contribution < -0.4 is 10.0 Å². The van der Waals surface area contributed by atoms with Crippen molar-refractivity contribution in [1.29, 1.82) is 0 Å². The minimum Gasteiger partial charge on any atom is -0.351 e. The first-order valence-corrected chi connectivity index (χ1v) is 8.26. The molecule has 0 aromatic carbocycles. The van der Waals surface area contributed by atoms with Crippen LogP contribution in [0.4, 0.5) is 0 Å². The number of carbonyl (C=O) groups is 1. The predicted octanol–water partition coefficient (Wildman–Crippen LogP) is 0.326. The molecule has 0 saturated heterocycles. The van der Waals surface area contributed by atoms with Crippen molar-refractivity contribution in [1.82, 2.24) is 20.0 Å². The number of pyridine rings is 2. The average Bonchev–Trinajstić information content (AvgIpc) is 2.55. The summed E-state index contributed by atoms with van der Waals surface area (Å²) in [6.45, 7) is 0.197. The zero-order valence-electron chi connectivity index (χ0n) is 11.8. The molecule has 0 saturated carbocycles. The number of nitrogens with one attached hydrogen (secondary N) is 2. The predicted molar refractivity (Wildman–Crippen MR) is 81.4 cm³/mol. The molecular weight excluding hydrogens is 304 g/mol. The summed E-state index contributed by atoms with van der Waals surface area (Å²) >= 11 is 0. The van der Waals surface area contributed by atoms with E-state index < -0.39 is 10.0 Å².